The van der Waals surface area contributed by atoms with Crippen LogP contribution in [0, 0.1) is 0 Å². The minimum Gasteiger partial charge on any atom is -0.478 e. The maximum Gasteiger partial charge on any atom is 0.335 e. The highest BCUT2D eigenvalue weighted by Crippen LogP contribution is 2.35. The number of carbonyl (C=O) groups excluding carboxylic acids is 2. The topological polar surface area (TPSA) is 169 Å². The number of hydrogen-bond acceptors (Lipinski definition) is 6. The van der Waals surface area contributed by atoms with Crippen LogP contribution in [0.4, 0.5) is 5.69 Å². The van der Waals surface area contributed by atoms with Crippen molar-refractivity contribution in [2.75, 3.05) is 4.90 Å². The summed E-state index contributed by atoms with van der Waals surface area (Å²) in [5.74, 6) is -2.34. The van der Waals surface area contributed by atoms with E-state index in [2.05, 4.69) is 19.9 Å². The number of aromatic nitrogens is 4. The molecule has 0 saturated heterocycles. The smallest absolute Gasteiger partial charge is 0.335 e. The highest BCUT2D eigenvalue weighted by Gasteiger charge is 2.36. The number of aromatic amines is 2. The van der Waals surface area contributed by atoms with Gasteiger partial charge in [0.15, 0.2) is 0 Å². The maximum absolute atomic E-state index is 13.3. The average Bonchev–Trinajstić information content (AvgIpc) is 3.66. The number of aromatic carboxylic acids is 2. The predicted molar refractivity (Wildman–Crippen MR) is 148 cm³/mol. The monoisotopic (exact) mass is 543 g/mol. The average molecular weight is 543 g/mol. The molecular formula is C30H17N5O6. The summed E-state index contributed by atoms with van der Waals surface area (Å²) in [6.07, 6.45) is 0. The molecule has 4 N–H and O–H groups in total. The number of carbonyl (C=O) groups is 4. The molecule has 198 valence electrons. The van der Waals surface area contributed by atoms with Gasteiger partial charge >= 0.3 is 11.9 Å². The summed E-state index contributed by atoms with van der Waals surface area (Å²) in [6.45, 7) is 0. The lowest BCUT2D eigenvalue weighted by molar-refractivity contribution is 0.0686. The lowest BCUT2D eigenvalue weighted by atomic mass is 10.1. The summed E-state index contributed by atoms with van der Waals surface area (Å²) in [5.41, 5.74) is 4.10. The van der Waals surface area contributed by atoms with Crippen LogP contribution in [-0.2, 0) is 0 Å². The Morgan fingerprint density at radius 2 is 1.10 bits per heavy atom. The van der Waals surface area contributed by atoms with E-state index in [9.17, 15) is 29.4 Å². The summed E-state index contributed by atoms with van der Waals surface area (Å²) < 4.78 is 0. The molecule has 1 aliphatic heterocycles. The zero-order valence-corrected chi connectivity index (χ0v) is 20.9. The summed E-state index contributed by atoms with van der Waals surface area (Å²) in [5, 5.41) is 18.7. The standard InChI is InChI=1S/C30H17N5O6/c36-27-19-3-1-2-4-20(19)28(37)35(27)18-10-16(25-31-21-7-5-14(29(38)39)12-23(21)33-25)9-17(11-18)26-32-22-8-6-15(30(40)41)13-24(22)34-26/h1-13H,(H,31,33)(H,32,34)(H,38,39)(H,40,41). The van der Waals surface area contributed by atoms with Crippen LogP contribution in [0.1, 0.15) is 41.4 Å². The van der Waals surface area contributed by atoms with Crippen molar-refractivity contribution < 1.29 is 29.4 Å². The molecule has 2 amide bonds. The van der Waals surface area contributed by atoms with Crippen molar-refractivity contribution in [3.8, 4) is 22.8 Å². The number of anilines is 1. The third-order valence-corrected chi connectivity index (χ3v) is 6.98. The van der Waals surface area contributed by atoms with Gasteiger partial charge in [-0.1, -0.05) is 12.1 Å². The molecule has 6 aromatic rings. The van der Waals surface area contributed by atoms with Crippen molar-refractivity contribution >= 4 is 51.5 Å². The fraction of sp³-hybridized carbons (Fsp3) is 0. The van der Waals surface area contributed by atoms with Gasteiger partial charge in [-0.3, -0.25) is 9.59 Å². The number of nitrogens with one attached hydrogen (secondary N) is 2. The van der Waals surface area contributed by atoms with E-state index in [1.165, 1.54) is 24.3 Å². The predicted octanol–water partition coefficient (Wildman–Crippen LogP) is 4.97. The highest BCUT2D eigenvalue weighted by atomic mass is 16.4. The van der Waals surface area contributed by atoms with Gasteiger partial charge in [-0.05, 0) is 66.7 Å². The fourth-order valence-electron chi connectivity index (χ4n) is 4.99. The summed E-state index contributed by atoms with van der Waals surface area (Å²) in [6, 6.07) is 20.7. The Balaban J connectivity index is 1.41. The van der Waals surface area contributed by atoms with Gasteiger partial charge in [-0.2, -0.15) is 0 Å². The molecule has 0 saturated carbocycles. The number of H-pyrrole nitrogens is 2. The molecule has 1 aliphatic rings. The highest BCUT2D eigenvalue weighted by molar-refractivity contribution is 6.34. The number of carboxylic acids is 2. The van der Waals surface area contributed by atoms with Crippen molar-refractivity contribution in [2.24, 2.45) is 0 Å². The van der Waals surface area contributed by atoms with Crippen LogP contribution in [0.5, 0.6) is 0 Å². The van der Waals surface area contributed by atoms with Gasteiger partial charge in [0, 0.05) is 11.1 Å². The van der Waals surface area contributed by atoms with Crippen molar-refractivity contribution in [2.45, 2.75) is 0 Å². The minimum absolute atomic E-state index is 0.0824. The number of benzene rings is 4. The fourth-order valence-corrected chi connectivity index (χ4v) is 4.99. The van der Waals surface area contributed by atoms with Gasteiger partial charge in [-0.25, -0.2) is 24.5 Å². The molecular weight excluding hydrogens is 526 g/mol. The molecule has 7 rings (SSSR count). The number of amides is 2. The SMILES string of the molecule is O=C(O)c1ccc2[nH]c(-c3cc(-c4nc5cc(C(=O)O)ccc5[nH]4)cc(N4C(=O)c5ccccc5C4=O)c3)nc2c1. The lowest BCUT2D eigenvalue weighted by Gasteiger charge is -2.16. The second kappa shape index (κ2) is 8.71. The molecule has 11 heteroatoms. The summed E-state index contributed by atoms with van der Waals surface area (Å²) >= 11 is 0. The Kier molecular flexibility index (Phi) is 5.09. The third kappa shape index (κ3) is 3.83. The Morgan fingerprint density at radius 1 is 0.634 bits per heavy atom. The van der Waals surface area contributed by atoms with Gasteiger partial charge in [-0.15, -0.1) is 0 Å². The number of fused-ring (bicyclic) bond motifs is 3. The minimum atomic E-state index is -1.08. The zero-order valence-electron chi connectivity index (χ0n) is 20.9. The van der Waals surface area contributed by atoms with Gasteiger partial charge < -0.3 is 20.2 Å². The van der Waals surface area contributed by atoms with Crippen LogP contribution in [0.15, 0.2) is 78.9 Å². The molecule has 0 fully saturated rings. The number of carboxylic acid groups (broad SMARTS) is 2. The van der Waals surface area contributed by atoms with Crippen LogP contribution < -0.4 is 4.90 Å². The van der Waals surface area contributed by atoms with Crippen molar-refractivity contribution in [1.82, 2.24) is 19.9 Å². The van der Waals surface area contributed by atoms with Crippen LogP contribution in [0.25, 0.3) is 44.8 Å². The molecule has 11 nitrogen and oxygen atoms in total. The van der Waals surface area contributed by atoms with Crippen LogP contribution in [-0.4, -0.2) is 53.9 Å². The van der Waals surface area contributed by atoms with Gasteiger partial charge in [0.05, 0.1) is 50.0 Å². The van der Waals surface area contributed by atoms with Crippen LogP contribution in [0.2, 0.25) is 0 Å². The van der Waals surface area contributed by atoms with Gasteiger partial charge in [0.25, 0.3) is 11.8 Å². The first-order chi connectivity index (χ1) is 19.8. The van der Waals surface area contributed by atoms with Gasteiger partial charge in [0.2, 0.25) is 0 Å². The molecule has 0 bridgehead atoms. The molecule has 0 unspecified atom stereocenters. The first-order valence-corrected chi connectivity index (χ1v) is 12.4. The molecule has 0 radical (unpaired) electrons. The van der Waals surface area contributed by atoms with Crippen molar-refractivity contribution in [1.29, 1.82) is 0 Å². The van der Waals surface area contributed by atoms with Gasteiger partial charge in [0.1, 0.15) is 11.6 Å². The molecule has 3 heterocycles. The Bertz CT molecular complexity index is 1980. The third-order valence-electron chi connectivity index (χ3n) is 6.98. The summed E-state index contributed by atoms with van der Waals surface area (Å²) in [4.78, 5) is 66.2. The molecule has 0 aliphatic carbocycles. The number of nitrogens with zero attached hydrogens (tertiary/aromatic N) is 3. The lowest BCUT2D eigenvalue weighted by Crippen LogP contribution is -2.29. The zero-order chi connectivity index (χ0) is 28.4. The number of imidazole rings is 2. The molecule has 4 aromatic carbocycles. The van der Waals surface area contributed by atoms with E-state index in [4.69, 9.17) is 0 Å². The molecule has 0 atom stereocenters. The Hall–Kier alpha value is -6.10. The second-order valence-electron chi connectivity index (χ2n) is 9.50. The van der Waals surface area contributed by atoms with E-state index < -0.39 is 23.8 Å². The van der Waals surface area contributed by atoms with E-state index in [1.54, 1.807) is 54.6 Å². The maximum atomic E-state index is 13.3. The van der Waals surface area contributed by atoms with E-state index in [-0.39, 0.29) is 16.8 Å². The number of hydrogen-bond donors (Lipinski definition) is 4. The number of rotatable bonds is 5. The Labute approximate surface area is 229 Å². The molecule has 41 heavy (non-hydrogen) atoms. The normalized spacial score (nSPS) is 12.8. The quantitative estimate of drug-likeness (QED) is 0.221. The Morgan fingerprint density at radius 3 is 1.54 bits per heavy atom. The van der Waals surface area contributed by atoms with E-state index in [0.29, 0.717) is 56.0 Å². The number of imide groups is 1. The van der Waals surface area contributed by atoms with Crippen LogP contribution >= 0.6 is 0 Å². The molecule has 0 spiro atoms. The molecule has 2 aromatic heterocycles. The van der Waals surface area contributed by atoms with E-state index >= 15 is 0 Å². The largest absolute Gasteiger partial charge is 0.478 e. The van der Waals surface area contributed by atoms with Crippen LogP contribution in [0.3, 0.4) is 0 Å². The van der Waals surface area contributed by atoms with Crippen molar-refractivity contribution in [3.63, 3.8) is 0 Å². The van der Waals surface area contributed by atoms with E-state index in [0.717, 1.165) is 4.90 Å². The van der Waals surface area contributed by atoms with Crippen molar-refractivity contribution in [3.05, 3.63) is 101 Å². The first kappa shape index (κ1) is 24.0. The van der Waals surface area contributed by atoms with E-state index in [1.807, 2.05) is 0 Å². The summed E-state index contributed by atoms with van der Waals surface area (Å²) in [7, 11) is 0. The first-order valence-electron chi connectivity index (χ1n) is 12.4. The second-order valence-corrected chi connectivity index (χ2v) is 9.50.